The molecule has 1 saturated heterocycles. The number of ether oxygens (including phenoxy) is 2. The Morgan fingerprint density at radius 3 is 2.36 bits per heavy atom. The van der Waals surface area contributed by atoms with Gasteiger partial charge in [0.2, 0.25) is 0 Å². The number of carbonyl (C=O) groups excluding carboxylic acids is 1. The van der Waals surface area contributed by atoms with Gasteiger partial charge in [0.15, 0.2) is 9.84 Å². The summed E-state index contributed by atoms with van der Waals surface area (Å²) >= 11 is 6.29. The van der Waals surface area contributed by atoms with Crippen molar-refractivity contribution in [1.82, 2.24) is 9.47 Å². The van der Waals surface area contributed by atoms with E-state index in [9.17, 15) is 22.4 Å². The van der Waals surface area contributed by atoms with Crippen LogP contribution in [-0.2, 0) is 14.6 Å². The number of pyridine rings is 1. The number of amides is 1. The summed E-state index contributed by atoms with van der Waals surface area (Å²) < 4.78 is 50.0. The Labute approximate surface area is 196 Å². The first-order valence-corrected chi connectivity index (χ1v) is 12.6. The number of halogens is 2. The van der Waals surface area contributed by atoms with Gasteiger partial charge in [0, 0.05) is 44.5 Å². The number of nitrogens with zero attached hydrogens (tertiary/aromatic N) is 2. The van der Waals surface area contributed by atoms with E-state index in [1.54, 1.807) is 25.7 Å². The van der Waals surface area contributed by atoms with E-state index in [1.807, 2.05) is 0 Å². The Kier molecular flexibility index (Phi) is 7.09. The standard InChI is InChI=1S/C22H26ClFN2O6S/c1-22(2,3)32-21(28)25-9-7-14(8-10-25)31-19-12-20(27)26(13-16(19)23)18-6-5-15(11-17(18)24)33(4,29)30/h5-6,11-14H,7-10H2,1-4H3. The molecule has 8 nitrogen and oxygen atoms in total. The number of piperidine rings is 1. The minimum atomic E-state index is -3.59. The number of benzene rings is 1. The fraction of sp³-hybridized carbons (Fsp3) is 0.455. The van der Waals surface area contributed by atoms with E-state index in [0.717, 1.165) is 23.0 Å². The molecule has 0 saturated carbocycles. The van der Waals surface area contributed by atoms with Crippen LogP contribution in [-0.4, -0.2) is 55.0 Å². The Bertz CT molecular complexity index is 1210. The van der Waals surface area contributed by atoms with Crippen molar-refractivity contribution in [2.75, 3.05) is 19.3 Å². The van der Waals surface area contributed by atoms with E-state index < -0.39 is 26.8 Å². The van der Waals surface area contributed by atoms with Crippen molar-refractivity contribution in [3.63, 3.8) is 0 Å². The van der Waals surface area contributed by atoms with Gasteiger partial charge in [0.05, 0.1) is 15.6 Å². The topological polar surface area (TPSA) is 94.9 Å². The van der Waals surface area contributed by atoms with E-state index in [2.05, 4.69) is 0 Å². The third-order valence-corrected chi connectivity index (χ3v) is 6.36. The van der Waals surface area contributed by atoms with Crippen LogP contribution in [0.15, 0.2) is 40.2 Å². The minimum Gasteiger partial charge on any atom is -0.488 e. The van der Waals surface area contributed by atoms with E-state index in [4.69, 9.17) is 21.1 Å². The second-order valence-electron chi connectivity index (χ2n) is 8.86. The van der Waals surface area contributed by atoms with E-state index in [0.29, 0.717) is 25.9 Å². The molecule has 180 valence electrons. The highest BCUT2D eigenvalue weighted by molar-refractivity contribution is 7.90. The van der Waals surface area contributed by atoms with Crippen molar-refractivity contribution >= 4 is 27.5 Å². The SMILES string of the molecule is CC(C)(C)OC(=O)N1CCC(Oc2cc(=O)n(-c3ccc(S(C)(=O)=O)cc3F)cc2Cl)CC1. The summed E-state index contributed by atoms with van der Waals surface area (Å²) in [6.45, 7) is 6.28. The average Bonchev–Trinajstić information content (AvgIpc) is 2.69. The van der Waals surface area contributed by atoms with Gasteiger partial charge in [-0.2, -0.15) is 0 Å². The first-order chi connectivity index (χ1) is 15.2. The van der Waals surface area contributed by atoms with Gasteiger partial charge in [-0.05, 0) is 39.0 Å². The molecule has 1 aromatic heterocycles. The van der Waals surface area contributed by atoms with Crippen LogP contribution in [0.4, 0.5) is 9.18 Å². The number of likely N-dealkylation sites (tertiary alicyclic amines) is 1. The average molecular weight is 501 g/mol. The van der Waals surface area contributed by atoms with Crippen LogP contribution in [0, 0.1) is 5.82 Å². The second-order valence-corrected chi connectivity index (χ2v) is 11.3. The molecule has 0 N–H and O–H groups in total. The maximum atomic E-state index is 14.5. The lowest BCUT2D eigenvalue weighted by Gasteiger charge is -2.33. The van der Waals surface area contributed by atoms with Crippen LogP contribution in [0.2, 0.25) is 5.02 Å². The fourth-order valence-corrected chi connectivity index (χ4v) is 4.18. The predicted octanol–water partition coefficient (Wildman–Crippen LogP) is 3.81. The van der Waals surface area contributed by atoms with Gasteiger partial charge in [-0.15, -0.1) is 0 Å². The molecular weight excluding hydrogens is 475 g/mol. The third kappa shape index (κ3) is 6.26. The molecule has 0 spiro atoms. The van der Waals surface area contributed by atoms with E-state index in [-0.39, 0.29) is 33.6 Å². The van der Waals surface area contributed by atoms with Gasteiger partial charge in [0.25, 0.3) is 5.56 Å². The summed E-state index contributed by atoms with van der Waals surface area (Å²) in [5.41, 5.74) is -1.30. The zero-order valence-electron chi connectivity index (χ0n) is 18.8. The fourth-order valence-electron chi connectivity index (χ4n) is 3.35. The van der Waals surface area contributed by atoms with E-state index >= 15 is 0 Å². The predicted molar refractivity (Wildman–Crippen MR) is 122 cm³/mol. The molecule has 0 unspecified atom stereocenters. The largest absolute Gasteiger partial charge is 0.488 e. The van der Waals surface area contributed by atoms with Crippen molar-refractivity contribution in [3.8, 4) is 11.4 Å². The maximum absolute atomic E-state index is 14.5. The monoisotopic (exact) mass is 500 g/mol. The van der Waals surface area contributed by atoms with Crippen molar-refractivity contribution in [2.24, 2.45) is 0 Å². The lowest BCUT2D eigenvalue weighted by Crippen LogP contribution is -2.44. The van der Waals surface area contributed by atoms with Crippen molar-refractivity contribution in [3.05, 3.63) is 51.7 Å². The molecule has 0 aliphatic carbocycles. The summed E-state index contributed by atoms with van der Waals surface area (Å²) in [4.78, 5) is 26.2. The number of aromatic nitrogens is 1. The molecule has 0 radical (unpaired) electrons. The number of carbonyl (C=O) groups is 1. The zero-order valence-corrected chi connectivity index (χ0v) is 20.4. The molecule has 0 atom stereocenters. The molecule has 3 rings (SSSR count). The van der Waals surface area contributed by atoms with Crippen LogP contribution in [0.25, 0.3) is 5.69 Å². The molecule has 1 aliphatic rings. The second kappa shape index (κ2) is 9.34. The van der Waals surface area contributed by atoms with Gasteiger partial charge in [-0.25, -0.2) is 17.6 Å². The minimum absolute atomic E-state index is 0.0933. The van der Waals surface area contributed by atoms with Crippen molar-refractivity contribution < 1.29 is 27.1 Å². The lowest BCUT2D eigenvalue weighted by atomic mass is 10.1. The normalized spacial score (nSPS) is 15.4. The van der Waals surface area contributed by atoms with Crippen LogP contribution in [0.3, 0.4) is 0 Å². The maximum Gasteiger partial charge on any atom is 0.410 e. The Balaban J connectivity index is 1.72. The summed E-state index contributed by atoms with van der Waals surface area (Å²) in [6.07, 6.45) is 2.61. The van der Waals surface area contributed by atoms with Crippen molar-refractivity contribution in [1.29, 1.82) is 0 Å². The quantitative estimate of drug-likeness (QED) is 0.633. The first kappa shape index (κ1) is 25.0. The Morgan fingerprint density at radius 2 is 1.82 bits per heavy atom. The summed E-state index contributed by atoms with van der Waals surface area (Å²) in [5.74, 6) is -0.721. The van der Waals surface area contributed by atoms with Gasteiger partial charge in [-0.3, -0.25) is 9.36 Å². The molecular formula is C22H26ClFN2O6S. The number of hydrogen-bond acceptors (Lipinski definition) is 6. The zero-order chi connectivity index (χ0) is 24.6. The molecule has 11 heteroatoms. The number of sulfone groups is 1. The smallest absolute Gasteiger partial charge is 0.410 e. The molecule has 0 bridgehead atoms. The first-order valence-electron chi connectivity index (χ1n) is 10.3. The third-order valence-electron chi connectivity index (χ3n) is 4.96. The highest BCUT2D eigenvalue weighted by Crippen LogP contribution is 2.28. The van der Waals surface area contributed by atoms with Crippen LogP contribution in [0.1, 0.15) is 33.6 Å². The molecule has 1 aliphatic heterocycles. The van der Waals surface area contributed by atoms with Crippen molar-refractivity contribution in [2.45, 2.75) is 50.2 Å². The van der Waals surface area contributed by atoms with Crippen LogP contribution in [0.5, 0.6) is 5.75 Å². The van der Waals surface area contributed by atoms with E-state index in [1.165, 1.54) is 18.3 Å². The summed E-state index contributed by atoms with van der Waals surface area (Å²) in [6, 6.07) is 4.44. The number of hydrogen-bond donors (Lipinski definition) is 0. The van der Waals surface area contributed by atoms with Crippen LogP contribution >= 0.6 is 11.6 Å². The van der Waals surface area contributed by atoms with Gasteiger partial charge in [0.1, 0.15) is 23.3 Å². The van der Waals surface area contributed by atoms with Crippen LogP contribution < -0.4 is 10.3 Å². The molecule has 33 heavy (non-hydrogen) atoms. The molecule has 2 heterocycles. The molecule has 1 fully saturated rings. The highest BCUT2D eigenvalue weighted by atomic mass is 35.5. The Morgan fingerprint density at radius 1 is 1.18 bits per heavy atom. The summed E-state index contributed by atoms with van der Waals surface area (Å²) in [5, 5.41) is 0.0933. The Hall–Kier alpha value is -2.59. The lowest BCUT2D eigenvalue weighted by molar-refractivity contribution is 0.0126. The molecule has 1 aromatic carbocycles. The molecule has 2 aromatic rings. The summed E-state index contributed by atoms with van der Waals surface area (Å²) in [7, 11) is -3.59. The highest BCUT2D eigenvalue weighted by Gasteiger charge is 2.28. The number of rotatable bonds is 4. The van der Waals surface area contributed by atoms with Gasteiger partial charge >= 0.3 is 6.09 Å². The molecule has 1 amide bonds. The van der Waals surface area contributed by atoms with Gasteiger partial charge < -0.3 is 14.4 Å². The van der Waals surface area contributed by atoms with Gasteiger partial charge in [-0.1, -0.05) is 11.6 Å².